The molecule has 7 heteroatoms. The predicted octanol–water partition coefficient (Wildman–Crippen LogP) is 4.52. The van der Waals surface area contributed by atoms with Crippen LogP contribution < -0.4 is 14.4 Å². The molecule has 0 aliphatic carbocycles. The minimum atomic E-state index is -0.457. The van der Waals surface area contributed by atoms with Gasteiger partial charge in [0.25, 0.3) is 0 Å². The highest BCUT2D eigenvalue weighted by Gasteiger charge is 2.22. The van der Waals surface area contributed by atoms with Gasteiger partial charge in [0.15, 0.2) is 5.78 Å². The third-order valence-corrected chi connectivity index (χ3v) is 6.43. The highest BCUT2D eigenvalue weighted by Crippen LogP contribution is 2.34. The van der Waals surface area contributed by atoms with E-state index in [4.69, 9.17) is 9.47 Å². The number of carbonyl (C=O) groups excluding carboxylic acids is 1. The van der Waals surface area contributed by atoms with Crippen LogP contribution in [0, 0.1) is 5.82 Å². The molecule has 0 spiro atoms. The topological polar surface area (TPSA) is 62.2 Å². The van der Waals surface area contributed by atoms with Crippen molar-refractivity contribution in [2.45, 2.75) is 0 Å². The Morgan fingerprint density at radius 3 is 2.47 bits per heavy atom. The van der Waals surface area contributed by atoms with Crippen LogP contribution in [0.2, 0.25) is 0 Å². The van der Waals surface area contributed by atoms with Crippen molar-refractivity contribution in [2.75, 3.05) is 58.5 Å². The molecule has 0 unspecified atom stereocenters. The van der Waals surface area contributed by atoms with Gasteiger partial charge in [-0.15, -0.1) is 0 Å². The van der Waals surface area contributed by atoms with Gasteiger partial charge in [0.05, 0.1) is 20.8 Å². The first kappa shape index (κ1) is 25.4. The highest BCUT2D eigenvalue weighted by atomic mass is 19.1. The molecule has 4 rings (SSSR count). The molecule has 36 heavy (non-hydrogen) atoms. The van der Waals surface area contributed by atoms with Gasteiger partial charge in [0, 0.05) is 61.2 Å². The summed E-state index contributed by atoms with van der Waals surface area (Å²) in [6.45, 7) is 3.85. The normalized spacial score (nSPS) is 14.3. The standard InChI is InChI=1S/C29H31FN2O4/c1-35-23-10-7-21(26(30)20-23)9-12-28(34)25-19-22(24-5-3-4-6-29(24)36-2)8-11-27(25)32-15-13-31(14-16-32)17-18-33/h3-12,19-20,33H,13-18H2,1-2H3/b12-9+. The Morgan fingerprint density at radius 2 is 1.78 bits per heavy atom. The van der Waals surface area contributed by atoms with E-state index in [1.807, 2.05) is 42.5 Å². The molecule has 6 nitrogen and oxygen atoms in total. The number of β-amino-alcohol motifs (C(OH)–C–C–N with tert-alkyl or cyclic N) is 1. The second-order valence-electron chi connectivity index (χ2n) is 8.57. The molecule has 0 aromatic heterocycles. The quantitative estimate of drug-likeness (QED) is 0.352. The van der Waals surface area contributed by atoms with Crippen molar-refractivity contribution in [3.05, 3.63) is 83.7 Å². The molecule has 3 aromatic rings. The lowest BCUT2D eigenvalue weighted by molar-refractivity contribution is 0.104. The summed E-state index contributed by atoms with van der Waals surface area (Å²) in [5.74, 6) is 0.469. The van der Waals surface area contributed by atoms with Gasteiger partial charge in [-0.2, -0.15) is 0 Å². The second kappa shape index (κ2) is 11.8. The number of aliphatic hydroxyl groups excluding tert-OH is 1. The number of benzene rings is 3. The SMILES string of the molecule is COc1ccc(/C=C/C(=O)c2cc(-c3ccccc3OC)ccc2N2CCN(CCO)CC2)c(F)c1. The zero-order valence-corrected chi connectivity index (χ0v) is 20.6. The fourth-order valence-corrected chi connectivity index (χ4v) is 4.44. The number of aliphatic hydroxyl groups is 1. The van der Waals surface area contributed by atoms with Crippen LogP contribution in [0.5, 0.6) is 11.5 Å². The number of anilines is 1. The molecular weight excluding hydrogens is 459 g/mol. The first-order valence-electron chi connectivity index (χ1n) is 12.0. The van der Waals surface area contributed by atoms with E-state index >= 15 is 0 Å². The number of nitrogens with zero attached hydrogens (tertiary/aromatic N) is 2. The van der Waals surface area contributed by atoms with Crippen LogP contribution in [0.25, 0.3) is 17.2 Å². The smallest absolute Gasteiger partial charge is 0.187 e. The Balaban J connectivity index is 1.69. The number of carbonyl (C=O) groups is 1. The second-order valence-corrected chi connectivity index (χ2v) is 8.57. The van der Waals surface area contributed by atoms with Crippen LogP contribution in [0.1, 0.15) is 15.9 Å². The predicted molar refractivity (Wildman–Crippen MR) is 140 cm³/mol. The van der Waals surface area contributed by atoms with E-state index in [0.717, 1.165) is 48.7 Å². The monoisotopic (exact) mass is 490 g/mol. The summed E-state index contributed by atoms with van der Waals surface area (Å²) in [6.07, 6.45) is 2.91. The average Bonchev–Trinajstić information content (AvgIpc) is 2.92. The van der Waals surface area contributed by atoms with Crippen molar-refractivity contribution in [2.24, 2.45) is 0 Å². The van der Waals surface area contributed by atoms with Crippen molar-refractivity contribution in [1.29, 1.82) is 0 Å². The third kappa shape index (κ3) is 5.75. The van der Waals surface area contributed by atoms with Crippen LogP contribution in [-0.2, 0) is 0 Å². The number of piperazine rings is 1. The number of para-hydroxylation sites is 1. The van der Waals surface area contributed by atoms with Crippen LogP contribution in [0.4, 0.5) is 10.1 Å². The minimum absolute atomic E-state index is 0.129. The maximum absolute atomic E-state index is 14.4. The summed E-state index contributed by atoms with van der Waals surface area (Å²) in [6, 6.07) is 18.1. The van der Waals surface area contributed by atoms with Gasteiger partial charge >= 0.3 is 0 Å². The van der Waals surface area contributed by atoms with Gasteiger partial charge in [0.2, 0.25) is 0 Å². The molecule has 1 aliphatic heterocycles. The Kier molecular flexibility index (Phi) is 8.36. The summed E-state index contributed by atoms with van der Waals surface area (Å²) >= 11 is 0. The molecule has 0 bridgehead atoms. The summed E-state index contributed by atoms with van der Waals surface area (Å²) in [5, 5.41) is 9.25. The van der Waals surface area contributed by atoms with Gasteiger partial charge < -0.3 is 19.5 Å². The minimum Gasteiger partial charge on any atom is -0.497 e. The van der Waals surface area contributed by atoms with Crippen molar-refractivity contribution >= 4 is 17.5 Å². The number of ether oxygens (including phenoxy) is 2. The molecule has 0 amide bonds. The summed E-state index contributed by atoms with van der Waals surface area (Å²) in [7, 11) is 3.10. The lowest BCUT2D eigenvalue weighted by Crippen LogP contribution is -2.47. The number of hydrogen-bond acceptors (Lipinski definition) is 6. The van der Waals surface area contributed by atoms with Crippen molar-refractivity contribution in [1.82, 2.24) is 4.90 Å². The largest absolute Gasteiger partial charge is 0.497 e. The van der Waals surface area contributed by atoms with Gasteiger partial charge in [0.1, 0.15) is 17.3 Å². The van der Waals surface area contributed by atoms with Gasteiger partial charge in [-0.3, -0.25) is 9.69 Å². The molecule has 1 aliphatic rings. The van der Waals surface area contributed by atoms with E-state index in [2.05, 4.69) is 9.80 Å². The molecule has 1 saturated heterocycles. The molecule has 0 atom stereocenters. The zero-order chi connectivity index (χ0) is 25.5. The molecule has 0 saturated carbocycles. The molecule has 1 heterocycles. The van der Waals surface area contributed by atoms with Crippen LogP contribution in [-0.4, -0.2) is 69.3 Å². The Labute approximate surface area is 211 Å². The van der Waals surface area contributed by atoms with E-state index in [0.29, 0.717) is 23.4 Å². The number of allylic oxidation sites excluding steroid dienone is 1. The van der Waals surface area contributed by atoms with Gasteiger partial charge in [-0.05, 0) is 48.0 Å². The summed E-state index contributed by atoms with van der Waals surface area (Å²) in [4.78, 5) is 17.9. The first-order valence-corrected chi connectivity index (χ1v) is 12.0. The van der Waals surface area contributed by atoms with Crippen molar-refractivity contribution < 1.29 is 23.8 Å². The number of ketones is 1. The lowest BCUT2D eigenvalue weighted by Gasteiger charge is -2.36. The van der Waals surface area contributed by atoms with Gasteiger partial charge in [-0.25, -0.2) is 4.39 Å². The fourth-order valence-electron chi connectivity index (χ4n) is 4.44. The Hall–Kier alpha value is -3.68. The van der Waals surface area contributed by atoms with E-state index in [-0.39, 0.29) is 12.4 Å². The first-order chi connectivity index (χ1) is 17.5. The van der Waals surface area contributed by atoms with Crippen LogP contribution in [0.15, 0.2) is 66.7 Å². The number of halogens is 1. The fraction of sp³-hybridized carbons (Fsp3) is 0.276. The van der Waals surface area contributed by atoms with Crippen molar-refractivity contribution in [3.8, 4) is 22.6 Å². The van der Waals surface area contributed by atoms with E-state index < -0.39 is 5.82 Å². The van der Waals surface area contributed by atoms with Crippen LogP contribution in [0.3, 0.4) is 0 Å². The molecule has 188 valence electrons. The molecular formula is C29H31FN2O4. The molecule has 3 aromatic carbocycles. The maximum atomic E-state index is 14.4. The van der Waals surface area contributed by atoms with Crippen LogP contribution >= 0.6 is 0 Å². The van der Waals surface area contributed by atoms with Gasteiger partial charge in [-0.1, -0.05) is 24.3 Å². The Morgan fingerprint density at radius 1 is 1.00 bits per heavy atom. The molecule has 1 N–H and O–H groups in total. The van der Waals surface area contributed by atoms with E-state index in [1.165, 1.54) is 25.3 Å². The molecule has 0 radical (unpaired) electrons. The number of methoxy groups -OCH3 is 2. The van der Waals surface area contributed by atoms with E-state index in [9.17, 15) is 14.3 Å². The summed E-state index contributed by atoms with van der Waals surface area (Å²) < 4.78 is 25.0. The average molecular weight is 491 g/mol. The highest BCUT2D eigenvalue weighted by molar-refractivity contribution is 6.11. The third-order valence-electron chi connectivity index (χ3n) is 6.43. The zero-order valence-electron chi connectivity index (χ0n) is 20.6. The lowest BCUT2D eigenvalue weighted by atomic mass is 9.97. The summed E-state index contributed by atoms with van der Waals surface area (Å²) in [5.41, 5.74) is 3.44. The van der Waals surface area contributed by atoms with E-state index in [1.54, 1.807) is 19.2 Å². The maximum Gasteiger partial charge on any atom is 0.187 e. The molecule has 1 fully saturated rings. The Bertz CT molecular complexity index is 1240. The van der Waals surface area contributed by atoms with Crippen molar-refractivity contribution in [3.63, 3.8) is 0 Å². The number of hydrogen-bond donors (Lipinski definition) is 1. The number of rotatable bonds is 9.